The zero-order valence-corrected chi connectivity index (χ0v) is 18.8. The molecule has 0 bridgehead atoms. The van der Waals surface area contributed by atoms with Gasteiger partial charge in [-0.2, -0.15) is 5.10 Å². The Hall–Kier alpha value is -4.14. The number of nitrogens with zero attached hydrogens (tertiary/aromatic N) is 3. The third-order valence-electron chi connectivity index (χ3n) is 6.56. The van der Waals surface area contributed by atoms with E-state index in [0.717, 1.165) is 22.3 Å². The number of carboxylic acid groups (broad SMARTS) is 1. The van der Waals surface area contributed by atoms with Crippen molar-refractivity contribution in [2.24, 2.45) is 12.5 Å². The molecular formula is C25H24N4O5. The Bertz CT molecular complexity index is 1260. The lowest BCUT2D eigenvalue weighted by Crippen LogP contribution is -2.60. The number of anilines is 1. The molecule has 9 heteroatoms. The summed E-state index contributed by atoms with van der Waals surface area (Å²) in [6.45, 7) is 2.02. The van der Waals surface area contributed by atoms with Crippen molar-refractivity contribution >= 4 is 23.8 Å². The van der Waals surface area contributed by atoms with Gasteiger partial charge >= 0.3 is 12.1 Å². The van der Waals surface area contributed by atoms with Crippen molar-refractivity contribution in [3.05, 3.63) is 71.4 Å². The van der Waals surface area contributed by atoms with Crippen molar-refractivity contribution in [3.8, 4) is 11.1 Å². The molecule has 1 saturated heterocycles. The predicted octanol–water partition coefficient (Wildman–Crippen LogP) is 3.33. The third kappa shape index (κ3) is 3.59. The maximum Gasteiger partial charge on any atom is 0.412 e. The summed E-state index contributed by atoms with van der Waals surface area (Å²) < 4.78 is 6.89. The smallest absolute Gasteiger partial charge is 0.412 e. The number of benzene rings is 2. The van der Waals surface area contributed by atoms with E-state index in [0.29, 0.717) is 0 Å². The molecule has 1 fully saturated rings. The highest BCUT2D eigenvalue weighted by atomic mass is 16.5. The van der Waals surface area contributed by atoms with E-state index in [-0.39, 0.29) is 43.0 Å². The number of aromatic nitrogens is 2. The number of carbonyl (C=O) groups is 3. The second-order valence-corrected chi connectivity index (χ2v) is 9.02. The van der Waals surface area contributed by atoms with Gasteiger partial charge in [-0.05, 0) is 29.2 Å². The molecule has 2 N–H and O–H groups in total. The Labute approximate surface area is 195 Å². The van der Waals surface area contributed by atoms with Gasteiger partial charge in [0, 0.05) is 32.1 Å². The number of hydrogen-bond acceptors (Lipinski definition) is 5. The molecule has 2 aliphatic rings. The number of amides is 2. The monoisotopic (exact) mass is 460 g/mol. The molecule has 0 saturated carbocycles. The summed E-state index contributed by atoms with van der Waals surface area (Å²) in [4.78, 5) is 37.9. The molecule has 1 aliphatic carbocycles. The van der Waals surface area contributed by atoms with E-state index in [2.05, 4.69) is 22.5 Å². The van der Waals surface area contributed by atoms with Gasteiger partial charge in [0.05, 0.1) is 0 Å². The van der Waals surface area contributed by atoms with Gasteiger partial charge < -0.3 is 14.7 Å². The second-order valence-electron chi connectivity index (χ2n) is 9.02. The Morgan fingerprint density at radius 2 is 1.68 bits per heavy atom. The molecule has 0 unspecified atom stereocenters. The minimum Gasteiger partial charge on any atom is -0.481 e. The van der Waals surface area contributed by atoms with Crippen LogP contribution >= 0.6 is 0 Å². The highest BCUT2D eigenvalue weighted by Gasteiger charge is 2.48. The zero-order chi connectivity index (χ0) is 24.0. The van der Waals surface area contributed by atoms with Crippen LogP contribution in [0.1, 0.15) is 34.5 Å². The van der Waals surface area contributed by atoms with Gasteiger partial charge in [0.25, 0.3) is 5.91 Å². The van der Waals surface area contributed by atoms with Crippen molar-refractivity contribution in [1.29, 1.82) is 0 Å². The van der Waals surface area contributed by atoms with Gasteiger partial charge in [-0.15, -0.1) is 0 Å². The first-order valence-electron chi connectivity index (χ1n) is 11.0. The van der Waals surface area contributed by atoms with E-state index in [1.165, 1.54) is 15.6 Å². The zero-order valence-electron chi connectivity index (χ0n) is 18.8. The number of aliphatic carboxylic acids is 1. The molecule has 0 atom stereocenters. The van der Waals surface area contributed by atoms with Crippen molar-refractivity contribution < 1.29 is 24.2 Å². The average molecular weight is 460 g/mol. The summed E-state index contributed by atoms with van der Waals surface area (Å²) in [6, 6.07) is 17.6. The summed E-state index contributed by atoms with van der Waals surface area (Å²) in [5, 5.41) is 16.0. The summed E-state index contributed by atoms with van der Waals surface area (Å²) in [5.74, 6) is -1.15. The first-order chi connectivity index (χ1) is 16.3. The Kier molecular flexibility index (Phi) is 5.11. The minimum absolute atomic E-state index is 0.0611. The molecule has 174 valence electrons. The van der Waals surface area contributed by atoms with Crippen molar-refractivity contribution in [1.82, 2.24) is 14.7 Å². The molecule has 0 radical (unpaired) electrons. The molecule has 1 aromatic heterocycles. The van der Waals surface area contributed by atoms with Crippen molar-refractivity contribution in [3.63, 3.8) is 0 Å². The van der Waals surface area contributed by atoms with Crippen LogP contribution < -0.4 is 5.32 Å². The van der Waals surface area contributed by atoms with Crippen molar-refractivity contribution in [2.75, 3.05) is 25.0 Å². The molecule has 5 rings (SSSR count). The lowest BCUT2D eigenvalue weighted by atomic mass is 9.82. The average Bonchev–Trinajstić information content (AvgIpc) is 3.32. The maximum atomic E-state index is 12.7. The number of aryl methyl sites for hydroxylation is 1. The third-order valence-corrected chi connectivity index (χ3v) is 6.56. The van der Waals surface area contributed by atoms with E-state index >= 15 is 0 Å². The summed E-state index contributed by atoms with van der Waals surface area (Å²) in [6.07, 6.45) is -0.665. The fourth-order valence-electron chi connectivity index (χ4n) is 4.70. The molecule has 34 heavy (non-hydrogen) atoms. The van der Waals surface area contributed by atoms with E-state index in [9.17, 15) is 19.5 Å². The van der Waals surface area contributed by atoms with E-state index in [1.807, 2.05) is 36.4 Å². The van der Waals surface area contributed by atoms with E-state index < -0.39 is 17.5 Å². The number of hydrogen-bond donors (Lipinski definition) is 2. The van der Waals surface area contributed by atoms with Gasteiger partial charge in [-0.1, -0.05) is 48.5 Å². The lowest BCUT2D eigenvalue weighted by Gasteiger charge is -2.44. The van der Waals surface area contributed by atoms with Gasteiger partial charge in [-0.3, -0.25) is 19.6 Å². The number of carbonyl (C=O) groups excluding carboxylic acids is 2. The summed E-state index contributed by atoms with van der Waals surface area (Å²) >= 11 is 0. The minimum atomic E-state index is -0.934. The molecule has 9 nitrogen and oxygen atoms in total. The summed E-state index contributed by atoms with van der Waals surface area (Å²) in [7, 11) is 1.59. The Morgan fingerprint density at radius 3 is 2.26 bits per heavy atom. The van der Waals surface area contributed by atoms with Crippen LogP contribution in [0.15, 0.2) is 54.6 Å². The van der Waals surface area contributed by atoms with Crippen molar-refractivity contribution in [2.45, 2.75) is 12.8 Å². The first kappa shape index (κ1) is 21.7. The molecule has 2 aromatic carbocycles. The SMILES string of the molecule is Cn1nc(NC(=O)OCC2c3ccccc3-c3ccccc32)cc1C(=O)N1CC(C)(C(=O)O)C1. The highest BCUT2D eigenvalue weighted by Crippen LogP contribution is 2.44. The largest absolute Gasteiger partial charge is 0.481 e. The van der Waals surface area contributed by atoms with E-state index in [4.69, 9.17) is 4.74 Å². The van der Waals surface area contributed by atoms with Crippen LogP contribution in [0.2, 0.25) is 0 Å². The van der Waals surface area contributed by atoms with Gasteiger partial charge in [-0.25, -0.2) is 4.79 Å². The number of rotatable bonds is 5. The normalized spacial score (nSPS) is 15.8. The Balaban J connectivity index is 1.23. The van der Waals surface area contributed by atoms with Crippen LogP contribution in [-0.4, -0.2) is 57.5 Å². The molecule has 2 heterocycles. The first-order valence-corrected chi connectivity index (χ1v) is 11.0. The highest BCUT2D eigenvalue weighted by molar-refractivity contribution is 5.96. The van der Waals surface area contributed by atoms with E-state index in [1.54, 1.807) is 14.0 Å². The number of nitrogens with one attached hydrogen (secondary N) is 1. The molecule has 3 aromatic rings. The fourth-order valence-corrected chi connectivity index (χ4v) is 4.70. The molecule has 0 spiro atoms. The van der Waals surface area contributed by atoms with Crippen LogP contribution in [0.25, 0.3) is 11.1 Å². The quantitative estimate of drug-likeness (QED) is 0.604. The summed E-state index contributed by atoms with van der Waals surface area (Å²) in [5.41, 5.74) is 3.84. The Morgan fingerprint density at radius 1 is 1.09 bits per heavy atom. The van der Waals surface area contributed by atoms with Gasteiger partial charge in [0.2, 0.25) is 0 Å². The predicted molar refractivity (Wildman–Crippen MR) is 124 cm³/mol. The topological polar surface area (TPSA) is 114 Å². The maximum absolute atomic E-state index is 12.7. The number of fused-ring (bicyclic) bond motifs is 3. The standard InChI is InChI=1S/C25H24N4O5/c1-25(23(31)32)13-29(14-25)22(30)20-11-21(27-28(20)2)26-24(33)34-12-19-17-9-5-3-7-15(17)16-8-4-6-10-18(16)19/h3-11,19H,12-14H2,1-2H3,(H,31,32)(H,26,27,33). The molecule has 2 amide bonds. The van der Waals surface area contributed by atoms with Gasteiger partial charge in [0.15, 0.2) is 5.82 Å². The molecular weight excluding hydrogens is 436 g/mol. The van der Waals surface area contributed by atoms with Crippen LogP contribution in [0.3, 0.4) is 0 Å². The van der Waals surface area contributed by atoms with Crippen LogP contribution in [0.5, 0.6) is 0 Å². The number of likely N-dealkylation sites (tertiary alicyclic amines) is 1. The van der Waals surface area contributed by atoms with Crippen LogP contribution in [0.4, 0.5) is 10.6 Å². The molecule has 1 aliphatic heterocycles. The lowest BCUT2D eigenvalue weighted by molar-refractivity contribution is -0.155. The van der Waals surface area contributed by atoms with Gasteiger partial charge in [0.1, 0.15) is 17.7 Å². The van der Waals surface area contributed by atoms with Crippen LogP contribution in [0, 0.1) is 5.41 Å². The number of carboxylic acids is 1. The number of ether oxygens (including phenoxy) is 1. The van der Waals surface area contributed by atoms with Crippen LogP contribution in [-0.2, 0) is 16.6 Å². The fraction of sp³-hybridized carbons (Fsp3) is 0.280. The second kappa shape index (κ2) is 8.02.